The standard InChI is InChI=1S/C14H19N5/c1-11-8-18(2)14(17-11)12-3-6-19(9-12)10-13-7-15-4-5-16-13/h4-5,7-8,12H,3,6,9-10H2,1-2H3. The minimum atomic E-state index is 0.537. The molecular weight excluding hydrogens is 238 g/mol. The lowest BCUT2D eigenvalue weighted by Gasteiger charge is -2.15. The van der Waals surface area contributed by atoms with Crippen molar-refractivity contribution >= 4 is 0 Å². The Bertz CT molecular complexity index is 548. The fraction of sp³-hybridized carbons (Fsp3) is 0.500. The quantitative estimate of drug-likeness (QED) is 0.836. The van der Waals surface area contributed by atoms with E-state index in [2.05, 4.69) is 44.6 Å². The highest BCUT2D eigenvalue weighted by Crippen LogP contribution is 2.26. The molecule has 1 saturated heterocycles. The Morgan fingerprint density at radius 3 is 2.95 bits per heavy atom. The molecule has 0 aromatic carbocycles. The molecule has 2 aromatic heterocycles. The van der Waals surface area contributed by atoms with Crippen molar-refractivity contribution in [1.29, 1.82) is 0 Å². The van der Waals surface area contributed by atoms with E-state index >= 15 is 0 Å². The van der Waals surface area contributed by atoms with Crippen molar-refractivity contribution in [3.05, 3.63) is 42.0 Å². The van der Waals surface area contributed by atoms with E-state index in [1.54, 1.807) is 12.4 Å². The van der Waals surface area contributed by atoms with Crippen molar-refractivity contribution in [2.45, 2.75) is 25.8 Å². The molecule has 5 nitrogen and oxygen atoms in total. The summed E-state index contributed by atoms with van der Waals surface area (Å²) in [7, 11) is 2.08. The predicted octanol–water partition coefficient (Wildman–Crippen LogP) is 1.51. The number of imidazole rings is 1. The number of rotatable bonds is 3. The highest BCUT2D eigenvalue weighted by atomic mass is 15.2. The van der Waals surface area contributed by atoms with E-state index in [4.69, 9.17) is 0 Å². The van der Waals surface area contributed by atoms with E-state index < -0.39 is 0 Å². The average molecular weight is 257 g/mol. The molecule has 1 unspecified atom stereocenters. The van der Waals surface area contributed by atoms with E-state index in [1.165, 1.54) is 12.2 Å². The number of nitrogens with zero attached hydrogens (tertiary/aromatic N) is 5. The maximum atomic E-state index is 4.64. The second kappa shape index (κ2) is 5.09. The maximum Gasteiger partial charge on any atom is 0.113 e. The summed E-state index contributed by atoms with van der Waals surface area (Å²) in [6.07, 6.45) is 8.58. The third kappa shape index (κ3) is 2.66. The molecule has 3 rings (SSSR count). The number of hydrogen-bond donors (Lipinski definition) is 0. The highest BCUT2D eigenvalue weighted by molar-refractivity contribution is 5.09. The second-order valence-electron chi connectivity index (χ2n) is 5.27. The molecule has 0 spiro atoms. The second-order valence-corrected chi connectivity index (χ2v) is 5.27. The molecule has 100 valence electrons. The monoisotopic (exact) mass is 257 g/mol. The van der Waals surface area contributed by atoms with Crippen molar-refractivity contribution in [2.75, 3.05) is 13.1 Å². The van der Waals surface area contributed by atoms with Gasteiger partial charge in [0.05, 0.1) is 11.4 Å². The topological polar surface area (TPSA) is 46.8 Å². The smallest absolute Gasteiger partial charge is 0.113 e. The Balaban J connectivity index is 1.66. The Morgan fingerprint density at radius 2 is 2.26 bits per heavy atom. The maximum absolute atomic E-state index is 4.64. The van der Waals surface area contributed by atoms with Gasteiger partial charge in [-0.15, -0.1) is 0 Å². The van der Waals surface area contributed by atoms with Gasteiger partial charge in [0.1, 0.15) is 5.82 Å². The lowest BCUT2D eigenvalue weighted by molar-refractivity contribution is 0.320. The molecule has 5 heteroatoms. The zero-order valence-electron chi connectivity index (χ0n) is 11.5. The summed E-state index contributed by atoms with van der Waals surface area (Å²) < 4.78 is 2.16. The highest BCUT2D eigenvalue weighted by Gasteiger charge is 2.27. The van der Waals surface area contributed by atoms with Crippen LogP contribution in [0.15, 0.2) is 24.8 Å². The van der Waals surface area contributed by atoms with E-state index in [0.29, 0.717) is 5.92 Å². The van der Waals surface area contributed by atoms with Gasteiger partial charge in [0, 0.05) is 50.8 Å². The molecule has 0 bridgehead atoms. The summed E-state index contributed by atoms with van der Waals surface area (Å²) in [5.41, 5.74) is 2.14. The molecule has 1 atom stereocenters. The third-order valence-corrected chi connectivity index (χ3v) is 3.67. The Morgan fingerprint density at radius 1 is 1.37 bits per heavy atom. The van der Waals surface area contributed by atoms with Gasteiger partial charge in [-0.25, -0.2) is 4.98 Å². The first-order valence-electron chi connectivity index (χ1n) is 6.69. The number of likely N-dealkylation sites (tertiary alicyclic amines) is 1. The van der Waals surface area contributed by atoms with Crippen LogP contribution in [-0.4, -0.2) is 37.5 Å². The molecule has 0 radical (unpaired) electrons. The van der Waals surface area contributed by atoms with Crippen LogP contribution in [0.1, 0.15) is 29.6 Å². The Kier molecular flexibility index (Phi) is 3.29. The van der Waals surface area contributed by atoms with Crippen molar-refractivity contribution in [2.24, 2.45) is 7.05 Å². The van der Waals surface area contributed by atoms with Crippen LogP contribution < -0.4 is 0 Å². The largest absolute Gasteiger partial charge is 0.337 e. The fourth-order valence-electron chi connectivity index (χ4n) is 2.84. The lowest BCUT2D eigenvalue weighted by atomic mass is 10.1. The van der Waals surface area contributed by atoms with Gasteiger partial charge in [-0.3, -0.25) is 14.9 Å². The molecule has 0 N–H and O–H groups in total. The van der Waals surface area contributed by atoms with Crippen LogP contribution in [0.2, 0.25) is 0 Å². The summed E-state index contributed by atoms with van der Waals surface area (Å²) in [5.74, 6) is 1.74. The molecule has 2 aromatic rings. The van der Waals surface area contributed by atoms with Gasteiger partial charge >= 0.3 is 0 Å². The molecule has 1 fully saturated rings. The van der Waals surface area contributed by atoms with Crippen LogP contribution in [0.5, 0.6) is 0 Å². The summed E-state index contributed by atoms with van der Waals surface area (Å²) in [6.45, 7) is 5.09. The first kappa shape index (κ1) is 12.3. The SMILES string of the molecule is Cc1cn(C)c(C2CCN(Cc3cnccn3)C2)n1. The number of hydrogen-bond acceptors (Lipinski definition) is 4. The molecule has 19 heavy (non-hydrogen) atoms. The molecular formula is C14H19N5. The molecule has 0 saturated carbocycles. The van der Waals surface area contributed by atoms with Crippen molar-refractivity contribution < 1.29 is 0 Å². The zero-order chi connectivity index (χ0) is 13.2. The van der Waals surface area contributed by atoms with Crippen LogP contribution in [-0.2, 0) is 13.6 Å². The summed E-state index contributed by atoms with van der Waals surface area (Å²) in [4.78, 5) is 15.5. The van der Waals surface area contributed by atoms with Crippen LogP contribution in [0.4, 0.5) is 0 Å². The van der Waals surface area contributed by atoms with E-state index in [9.17, 15) is 0 Å². The number of aryl methyl sites for hydroxylation is 2. The lowest BCUT2D eigenvalue weighted by Crippen LogP contribution is -2.21. The number of aromatic nitrogens is 4. The van der Waals surface area contributed by atoms with Crippen LogP contribution in [0, 0.1) is 6.92 Å². The van der Waals surface area contributed by atoms with Gasteiger partial charge in [-0.2, -0.15) is 0 Å². The van der Waals surface area contributed by atoms with E-state index in [1.807, 2.05) is 6.20 Å². The molecule has 1 aliphatic heterocycles. The Labute approximate surface area is 113 Å². The van der Waals surface area contributed by atoms with Gasteiger partial charge in [-0.1, -0.05) is 0 Å². The predicted molar refractivity (Wildman–Crippen MR) is 72.6 cm³/mol. The first-order valence-corrected chi connectivity index (χ1v) is 6.69. The van der Waals surface area contributed by atoms with Crippen molar-refractivity contribution in [3.8, 4) is 0 Å². The summed E-state index contributed by atoms with van der Waals surface area (Å²) in [5, 5.41) is 0. The van der Waals surface area contributed by atoms with E-state index in [-0.39, 0.29) is 0 Å². The fourth-order valence-corrected chi connectivity index (χ4v) is 2.84. The summed E-state index contributed by atoms with van der Waals surface area (Å²) >= 11 is 0. The van der Waals surface area contributed by atoms with Gasteiger partial charge in [0.2, 0.25) is 0 Å². The van der Waals surface area contributed by atoms with E-state index in [0.717, 1.165) is 31.0 Å². The minimum absolute atomic E-state index is 0.537. The summed E-state index contributed by atoms with van der Waals surface area (Å²) in [6, 6.07) is 0. The Hall–Kier alpha value is -1.75. The minimum Gasteiger partial charge on any atom is -0.337 e. The molecule has 0 amide bonds. The molecule has 3 heterocycles. The van der Waals surface area contributed by atoms with Gasteiger partial charge in [0.15, 0.2) is 0 Å². The normalized spacial score (nSPS) is 20.0. The first-order chi connectivity index (χ1) is 9.22. The van der Waals surface area contributed by atoms with Gasteiger partial charge in [0.25, 0.3) is 0 Å². The van der Waals surface area contributed by atoms with Crippen molar-refractivity contribution in [1.82, 2.24) is 24.4 Å². The van der Waals surface area contributed by atoms with Crippen molar-refractivity contribution in [3.63, 3.8) is 0 Å². The third-order valence-electron chi connectivity index (χ3n) is 3.67. The molecule has 0 aliphatic carbocycles. The van der Waals surface area contributed by atoms with Gasteiger partial charge in [-0.05, 0) is 19.9 Å². The zero-order valence-corrected chi connectivity index (χ0v) is 11.5. The molecule has 1 aliphatic rings. The van der Waals surface area contributed by atoms with Gasteiger partial charge < -0.3 is 4.57 Å². The van der Waals surface area contributed by atoms with Crippen LogP contribution in [0.25, 0.3) is 0 Å². The van der Waals surface area contributed by atoms with Crippen LogP contribution >= 0.6 is 0 Å². The van der Waals surface area contributed by atoms with Crippen LogP contribution in [0.3, 0.4) is 0 Å². The average Bonchev–Trinajstić information content (AvgIpc) is 2.97.